The second-order valence-electron chi connectivity index (χ2n) is 5.71. The third-order valence-electron chi connectivity index (χ3n) is 2.45. The highest BCUT2D eigenvalue weighted by Crippen LogP contribution is 2.18. The smallest absolute Gasteiger partial charge is 0.186 e. The highest BCUT2D eigenvalue weighted by Gasteiger charge is 2.10. The van der Waals surface area contributed by atoms with Gasteiger partial charge < -0.3 is 10.4 Å². The minimum absolute atomic E-state index is 0.0250. The fraction of sp³-hybridized carbons (Fsp3) is 0.429. The number of hydrogen-bond acceptors (Lipinski definition) is 3. The average Bonchev–Trinajstić information content (AvgIpc) is 2.35. The van der Waals surface area contributed by atoms with E-state index in [4.69, 9.17) is 12.2 Å². The van der Waals surface area contributed by atoms with Crippen LogP contribution >= 0.6 is 12.2 Å². The zero-order chi connectivity index (χ0) is 15.3. The third-order valence-corrected chi connectivity index (χ3v) is 2.69. The standard InChI is InChI=1S/C14H20FN3OS/c1-9(11-7-10(15)5-6-12(11)19)17-18-13(20)16-8-14(2,3)4/h5-7,19H,8H2,1-4H3,(H2,16,18,20)/b17-9+. The van der Waals surface area contributed by atoms with E-state index in [1.54, 1.807) is 6.92 Å². The van der Waals surface area contributed by atoms with Crippen molar-refractivity contribution in [1.82, 2.24) is 10.7 Å². The molecule has 1 aromatic carbocycles. The minimum Gasteiger partial charge on any atom is -0.507 e. The van der Waals surface area contributed by atoms with Crippen molar-refractivity contribution < 1.29 is 9.50 Å². The van der Waals surface area contributed by atoms with E-state index in [0.717, 1.165) is 0 Å². The number of rotatable bonds is 3. The molecule has 1 rings (SSSR count). The Labute approximate surface area is 124 Å². The largest absolute Gasteiger partial charge is 0.507 e. The molecule has 0 unspecified atom stereocenters. The van der Waals surface area contributed by atoms with Gasteiger partial charge in [-0.15, -0.1) is 0 Å². The molecule has 0 aliphatic carbocycles. The van der Waals surface area contributed by atoms with Crippen LogP contribution in [0.3, 0.4) is 0 Å². The molecule has 0 aliphatic rings. The molecule has 0 bridgehead atoms. The van der Waals surface area contributed by atoms with Crippen molar-refractivity contribution in [1.29, 1.82) is 0 Å². The van der Waals surface area contributed by atoms with E-state index in [1.807, 2.05) is 0 Å². The maximum absolute atomic E-state index is 13.1. The Balaban J connectivity index is 2.66. The number of aromatic hydroxyl groups is 1. The molecule has 0 saturated heterocycles. The summed E-state index contributed by atoms with van der Waals surface area (Å²) in [6, 6.07) is 3.70. The van der Waals surface area contributed by atoms with Crippen molar-refractivity contribution >= 4 is 23.0 Å². The molecule has 0 atom stereocenters. The first-order valence-electron chi connectivity index (χ1n) is 6.26. The first-order chi connectivity index (χ1) is 9.19. The Morgan fingerprint density at radius 1 is 1.40 bits per heavy atom. The molecule has 3 N–H and O–H groups in total. The SMILES string of the molecule is C/C(=N\NC(=S)NCC(C)(C)C)c1cc(F)ccc1O. The lowest BCUT2D eigenvalue weighted by Gasteiger charge is -2.19. The molecule has 1 aromatic rings. The van der Waals surface area contributed by atoms with E-state index in [-0.39, 0.29) is 11.2 Å². The van der Waals surface area contributed by atoms with Gasteiger partial charge in [0.25, 0.3) is 0 Å². The molecule has 0 spiro atoms. The van der Waals surface area contributed by atoms with Crippen LogP contribution in [-0.2, 0) is 0 Å². The van der Waals surface area contributed by atoms with E-state index in [0.29, 0.717) is 22.9 Å². The molecular weight excluding hydrogens is 277 g/mol. The number of benzene rings is 1. The van der Waals surface area contributed by atoms with Crippen LogP contribution < -0.4 is 10.7 Å². The van der Waals surface area contributed by atoms with E-state index >= 15 is 0 Å². The van der Waals surface area contributed by atoms with Gasteiger partial charge in [-0.3, -0.25) is 5.43 Å². The first kappa shape index (κ1) is 16.4. The third kappa shape index (κ3) is 5.52. The predicted octanol–water partition coefficient (Wildman–Crippen LogP) is 2.77. The van der Waals surface area contributed by atoms with Crippen LogP contribution in [0.15, 0.2) is 23.3 Å². The summed E-state index contributed by atoms with van der Waals surface area (Å²) in [6.45, 7) is 8.62. The maximum atomic E-state index is 13.1. The van der Waals surface area contributed by atoms with E-state index < -0.39 is 5.82 Å². The zero-order valence-electron chi connectivity index (χ0n) is 12.1. The number of halogens is 1. The molecule has 0 aliphatic heterocycles. The lowest BCUT2D eigenvalue weighted by Crippen LogP contribution is -2.37. The first-order valence-corrected chi connectivity index (χ1v) is 6.67. The van der Waals surface area contributed by atoms with Gasteiger partial charge in [-0.1, -0.05) is 20.8 Å². The van der Waals surface area contributed by atoms with Crippen molar-refractivity contribution in [3.05, 3.63) is 29.6 Å². The van der Waals surface area contributed by atoms with Crippen LogP contribution in [-0.4, -0.2) is 22.5 Å². The van der Waals surface area contributed by atoms with Gasteiger partial charge >= 0.3 is 0 Å². The Kier molecular flexibility index (Phi) is 5.44. The zero-order valence-corrected chi connectivity index (χ0v) is 12.9. The van der Waals surface area contributed by atoms with Crippen molar-refractivity contribution in [3.8, 4) is 5.75 Å². The monoisotopic (exact) mass is 297 g/mol. The Bertz CT molecular complexity index is 524. The number of nitrogens with one attached hydrogen (secondary N) is 2. The second-order valence-corrected chi connectivity index (χ2v) is 6.12. The Morgan fingerprint density at radius 3 is 2.65 bits per heavy atom. The summed E-state index contributed by atoms with van der Waals surface area (Å²) in [5, 5.41) is 17.1. The summed E-state index contributed by atoms with van der Waals surface area (Å²) < 4.78 is 13.1. The lowest BCUT2D eigenvalue weighted by molar-refractivity contribution is 0.408. The van der Waals surface area contributed by atoms with Gasteiger partial charge in [0.15, 0.2) is 5.11 Å². The summed E-state index contributed by atoms with van der Waals surface area (Å²) in [4.78, 5) is 0. The van der Waals surface area contributed by atoms with Gasteiger partial charge in [0.2, 0.25) is 0 Å². The molecule has 0 fully saturated rings. The maximum Gasteiger partial charge on any atom is 0.186 e. The molecule has 0 amide bonds. The van der Waals surface area contributed by atoms with Crippen molar-refractivity contribution in [2.24, 2.45) is 10.5 Å². The highest BCUT2D eigenvalue weighted by molar-refractivity contribution is 7.80. The average molecular weight is 297 g/mol. The van der Waals surface area contributed by atoms with Crippen LogP contribution in [0.2, 0.25) is 0 Å². The summed E-state index contributed by atoms with van der Waals surface area (Å²) in [6.07, 6.45) is 0. The van der Waals surface area contributed by atoms with E-state index in [2.05, 4.69) is 36.6 Å². The van der Waals surface area contributed by atoms with Crippen LogP contribution in [0.5, 0.6) is 5.75 Å². The van der Waals surface area contributed by atoms with Gasteiger partial charge in [-0.25, -0.2) is 4.39 Å². The summed E-state index contributed by atoms with van der Waals surface area (Å²) in [5.41, 5.74) is 3.55. The Morgan fingerprint density at radius 2 is 2.05 bits per heavy atom. The van der Waals surface area contributed by atoms with E-state index in [9.17, 15) is 9.50 Å². The predicted molar refractivity (Wildman–Crippen MR) is 83.5 cm³/mol. The van der Waals surface area contributed by atoms with Crippen LogP contribution in [0.25, 0.3) is 0 Å². The fourth-order valence-electron chi connectivity index (χ4n) is 1.38. The number of phenols is 1. The number of thiocarbonyl (C=S) groups is 1. The second kappa shape index (κ2) is 6.65. The molecular formula is C14H20FN3OS. The van der Waals surface area contributed by atoms with Crippen LogP contribution in [0.1, 0.15) is 33.3 Å². The van der Waals surface area contributed by atoms with Gasteiger partial charge in [-0.2, -0.15) is 5.10 Å². The molecule has 0 saturated carbocycles. The molecule has 20 heavy (non-hydrogen) atoms. The van der Waals surface area contributed by atoms with Gasteiger partial charge in [0.05, 0.1) is 5.71 Å². The van der Waals surface area contributed by atoms with Crippen LogP contribution in [0.4, 0.5) is 4.39 Å². The number of hydrogen-bond donors (Lipinski definition) is 3. The van der Waals surface area contributed by atoms with Gasteiger partial charge in [-0.05, 0) is 42.8 Å². The Hall–Kier alpha value is -1.69. The summed E-state index contributed by atoms with van der Waals surface area (Å²) in [5.74, 6) is -0.455. The summed E-state index contributed by atoms with van der Waals surface area (Å²) >= 11 is 5.08. The van der Waals surface area contributed by atoms with Crippen LogP contribution in [0, 0.1) is 11.2 Å². The minimum atomic E-state index is -0.430. The normalized spacial score (nSPS) is 12.2. The fourth-order valence-corrected chi connectivity index (χ4v) is 1.50. The molecule has 4 nitrogen and oxygen atoms in total. The van der Waals surface area contributed by atoms with Gasteiger partial charge in [0.1, 0.15) is 11.6 Å². The van der Waals surface area contributed by atoms with Gasteiger partial charge in [0, 0.05) is 12.1 Å². The molecule has 0 aromatic heterocycles. The topological polar surface area (TPSA) is 56.7 Å². The molecule has 110 valence electrons. The number of hydrazone groups is 1. The van der Waals surface area contributed by atoms with Crippen molar-refractivity contribution in [3.63, 3.8) is 0 Å². The van der Waals surface area contributed by atoms with E-state index in [1.165, 1.54) is 18.2 Å². The molecule has 0 heterocycles. The molecule has 6 heteroatoms. The summed E-state index contributed by atoms with van der Waals surface area (Å²) in [7, 11) is 0. The lowest BCUT2D eigenvalue weighted by atomic mass is 9.97. The highest BCUT2D eigenvalue weighted by atomic mass is 32.1. The number of phenolic OH excluding ortho intramolecular Hbond substituents is 1. The van der Waals surface area contributed by atoms with Crippen molar-refractivity contribution in [2.45, 2.75) is 27.7 Å². The number of nitrogens with zero attached hydrogens (tertiary/aromatic N) is 1. The van der Waals surface area contributed by atoms with Crippen molar-refractivity contribution in [2.75, 3.05) is 6.54 Å². The molecule has 0 radical (unpaired) electrons. The quantitative estimate of drug-likeness (QED) is 0.456.